The summed E-state index contributed by atoms with van der Waals surface area (Å²) in [5, 5.41) is 0. The number of rotatable bonds is 3. The van der Waals surface area contributed by atoms with Gasteiger partial charge in [0, 0.05) is 6.04 Å². The lowest BCUT2D eigenvalue weighted by molar-refractivity contribution is 0.129. The highest BCUT2D eigenvalue weighted by Gasteiger charge is 2.25. The summed E-state index contributed by atoms with van der Waals surface area (Å²) in [4.78, 5) is 0. The van der Waals surface area contributed by atoms with Crippen molar-refractivity contribution >= 4 is 0 Å². The fraction of sp³-hybridized carbons (Fsp3) is 0.647. The molecule has 0 spiro atoms. The molecule has 1 unspecified atom stereocenters. The van der Waals surface area contributed by atoms with Gasteiger partial charge < -0.3 is 10.5 Å². The Morgan fingerprint density at radius 2 is 1.95 bits per heavy atom. The third-order valence-electron chi connectivity index (χ3n) is 4.94. The Morgan fingerprint density at radius 1 is 1.16 bits per heavy atom. The summed E-state index contributed by atoms with van der Waals surface area (Å²) in [7, 11) is 0. The van der Waals surface area contributed by atoms with Crippen LogP contribution in [0.1, 0.15) is 62.6 Å². The number of ether oxygens (including phenoxy) is 1. The topological polar surface area (TPSA) is 35.2 Å². The van der Waals surface area contributed by atoms with E-state index in [1.807, 2.05) is 0 Å². The molecule has 0 bridgehead atoms. The predicted molar refractivity (Wildman–Crippen MR) is 78.4 cm³/mol. The van der Waals surface area contributed by atoms with Crippen molar-refractivity contribution in [2.24, 2.45) is 11.7 Å². The summed E-state index contributed by atoms with van der Waals surface area (Å²) >= 11 is 0. The summed E-state index contributed by atoms with van der Waals surface area (Å²) in [5.74, 6) is 2.03. The lowest BCUT2D eigenvalue weighted by Crippen LogP contribution is -2.24. The third-order valence-corrected chi connectivity index (χ3v) is 4.94. The van der Waals surface area contributed by atoms with Gasteiger partial charge in [-0.2, -0.15) is 0 Å². The van der Waals surface area contributed by atoms with Gasteiger partial charge in [0.1, 0.15) is 5.75 Å². The molecule has 1 aromatic rings. The minimum absolute atomic E-state index is 0.217. The maximum Gasteiger partial charge on any atom is 0.123 e. The zero-order chi connectivity index (χ0) is 13.2. The Morgan fingerprint density at radius 3 is 2.68 bits per heavy atom. The van der Waals surface area contributed by atoms with Gasteiger partial charge in [0.2, 0.25) is 0 Å². The molecule has 19 heavy (non-hydrogen) atoms. The Bertz CT molecular complexity index is 435. The highest BCUT2D eigenvalue weighted by Crippen LogP contribution is 2.37. The quantitative estimate of drug-likeness (QED) is 0.891. The van der Waals surface area contributed by atoms with Crippen molar-refractivity contribution in [1.29, 1.82) is 0 Å². The molecule has 0 saturated heterocycles. The third kappa shape index (κ3) is 2.64. The van der Waals surface area contributed by atoms with Crippen LogP contribution in [-0.2, 0) is 6.42 Å². The van der Waals surface area contributed by atoms with Gasteiger partial charge in [0.05, 0.1) is 6.10 Å². The standard InChI is InChI=1S/C17H25NO/c1-2-12-6-8-13(9-7-12)19-17-5-3-4-14-15(17)10-11-16(14)18/h3-5,12-13,16H,2,6-11,18H2,1H3. The molecule has 2 heteroatoms. The summed E-state index contributed by atoms with van der Waals surface area (Å²) < 4.78 is 6.28. The van der Waals surface area contributed by atoms with E-state index in [0.717, 1.165) is 24.5 Å². The van der Waals surface area contributed by atoms with Crippen LogP contribution >= 0.6 is 0 Å². The van der Waals surface area contributed by atoms with E-state index in [0.29, 0.717) is 6.10 Å². The number of benzene rings is 1. The van der Waals surface area contributed by atoms with Gasteiger partial charge in [0.25, 0.3) is 0 Å². The molecule has 0 aliphatic heterocycles. The van der Waals surface area contributed by atoms with Crippen LogP contribution in [-0.4, -0.2) is 6.10 Å². The molecule has 2 aliphatic rings. The van der Waals surface area contributed by atoms with E-state index in [1.165, 1.54) is 43.2 Å². The average Bonchev–Trinajstić information content (AvgIpc) is 2.83. The fourth-order valence-corrected chi connectivity index (χ4v) is 3.60. The Kier molecular flexibility index (Phi) is 3.79. The average molecular weight is 259 g/mol. The summed E-state index contributed by atoms with van der Waals surface area (Å²) in [6.45, 7) is 2.30. The maximum atomic E-state index is 6.28. The first-order valence-electron chi connectivity index (χ1n) is 7.82. The van der Waals surface area contributed by atoms with E-state index < -0.39 is 0 Å². The maximum absolute atomic E-state index is 6.28. The van der Waals surface area contributed by atoms with Crippen molar-refractivity contribution in [3.63, 3.8) is 0 Å². The fourth-order valence-electron chi connectivity index (χ4n) is 3.60. The lowest BCUT2D eigenvalue weighted by atomic mass is 9.86. The molecule has 1 aromatic carbocycles. The molecule has 0 amide bonds. The molecule has 0 aromatic heterocycles. The smallest absolute Gasteiger partial charge is 0.123 e. The van der Waals surface area contributed by atoms with Crippen LogP contribution in [0.15, 0.2) is 18.2 Å². The van der Waals surface area contributed by atoms with Gasteiger partial charge >= 0.3 is 0 Å². The molecule has 1 fully saturated rings. The van der Waals surface area contributed by atoms with E-state index in [9.17, 15) is 0 Å². The lowest BCUT2D eigenvalue weighted by Gasteiger charge is -2.29. The van der Waals surface area contributed by atoms with Crippen molar-refractivity contribution in [3.8, 4) is 5.75 Å². The van der Waals surface area contributed by atoms with Crippen LogP contribution in [0.4, 0.5) is 0 Å². The molecule has 0 radical (unpaired) electrons. The van der Waals surface area contributed by atoms with Gasteiger partial charge in [-0.05, 0) is 61.6 Å². The Labute approximate surface area is 116 Å². The summed E-state index contributed by atoms with van der Waals surface area (Å²) in [6.07, 6.45) is 8.98. The first kappa shape index (κ1) is 13.0. The second kappa shape index (κ2) is 5.54. The SMILES string of the molecule is CCC1CCC(Oc2cccc3c2CCC3N)CC1. The minimum Gasteiger partial charge on any atom is -0.490 e. The normalized spacial score (nSPS) is 30.1. The zero-order valence-corrected chi connectivity index (χ0v) is 11.9. The van der Waals surface area contributed by atoms with Gasteiger partial charge in [-0.25, -0.2) is 0 Å². The van der Waals surface area contributed by atoms with Crippen molar-refractivity contribution < 1.29 is 4.74 Å². The monoisotopic (exact) mass is 259 g/mol. The van der Waals surface area contributed by atoms with E-state index >= 15 is 0 Å². The number of hydrogen-bond donors (Lipinski definition) is 1. The highest BCUT2D eigenvalue weighted by atomic mass is 16.5. The molecule has 2 aliphatic carbocycles. The van der Waals surface area contributed by atoms with Crippen LogP contribution in [0.5, 0.6) is 5.75 Å². The number of nitrogens with two attached hydrogens (primary N) is 1. The van der Waals surface area contributed by atoms with E-state index in [2.05, 4.69) is 25.1 Å². The van der Waals surface area contributed by atoms with E-state index in [1.54, 1.807) is 0 Å². The van der Waals surface area contributed by atoms with Gasteiger partial charge in [-0.3, -0.25) is 0 Å². The summed E-state index contributed by atoms with van der Waals surface area (Å²) in [5.41, 5.74) is 8.80. The van der Waals surface area contributed by atoms with Crippen LogP contribution in [0.25, 0.3) is 0 Å². The van der Waals surface area contributed by atoms with Crippen molar-refractivity contribution in [1.82, 2.24) is 0 Å². The van der Waals surface area contributed by atoms with Crippen molar-refractivity contribution in [2.75, 3.05) is 0 Å². The zero-order valence-electron chi connectivity index (χ0n) is 11.9. The van der Waals surface area contributed by atoms with Crippen LogP contribution < -0.4 is 10.5 Å². The van der Waals surface area contributed by atoms with Gasteiger partial charge in [-0.15, -0.1) is 0 Å². The van der Waals surface area contributed by atoms with Crippen LogP contribution in [0.3, 0.4) is 0 Å². The molecule has 3 rings (SSSR count). The molecule has 1 saturated carbocycles. The molecule has 104 valence electrons. The molecular formula is C17H25NO. The first-order chi connectivity index (χ1) is 9.28. The highest BCUT2D eigenvalue weighted by molar-refractivity contribution is 5.45. The molecule has 1 atom stereocenters. The number of hydrogen-bond acceptors (Lipinski definition) is 2. The minimum atomic E-state index is 0.217. The molecular weight excluding hydrogens is 234 g/mol. The largest absolute Gasteiger partial charge is 0.490 e. The molecule has 2 N–H and O–H groups in total. The molecule has 2 nitrogen and oxygen atoms in total. The van der Waals surface area contributed by atoms with Crippen molar-refractivity contribution in [3.05, 3.63) is 29.3 Å². The number of fused-ring (bicyclic) bond motifs is 1. The van der Waals surface area contributed by atoms with Gasteiger partial charge in [0.15, 0.2) is 0 Å². The Hall–Kier alpha value is -1.02. The van der Waals surface area contributed by atoms with E-state index in [-0.39, 0.29) is 6.04 Å². The van der Waals surface area contributed by atoms with E-state index in [4.69, 9.17) is 10.5 Å². The second-order valence-corrected chi connectivity index (χ2v) is 6.14. The van der Waals surface area contributed by atoms with Crippen molar-refractivity contribution in [2.45, 2.75) is 64.0 Å². The van der Waals surface area contributed by atoms with Crippen LogP contribution in [0.2, 0.25) is 0 Å². The van der Waals surface area contributed by atoms with Crippen LogP contribution in [0, 0.1) is 5.92 Å². The predicted octanol–water partition coefficient (Wildman–Crippen LogP) is 3.98. The molecule has 0 heterocycles. The first-order valence-corrected chi connectivity index (χ1v) is 7.82. The second-order valence-electron chi connectivity index (χ2n) is 6.14. The van der Waals surface area contributed by atoms with Gasteiger partial charge in [-0.1, -0.05) is 25.5 Å². The Balaban J connectivity index is 1.68. The summed E-state index contributed by atoms with van der Waals surface area (Å²) in [6, 6.07) is 6.60.